The van der Waals surface area contributed by atoms with Crippen LogP contribution in [-0.4, -0.2) is 50.4 Å². The molecular formula is C20H17N3O10S3. The van der Waals surface area contributed by atoms with Gasteiger partial charge >= 0.3 is 0 Å². The number of fused-ring (bicyclic) bond motifs is 2. The summed E-state index contributed by atoms with van der Waals surface area (Å²) in [5.74, 6) is -1.08. The molecule has 3 aromatic rings. The Balaban J connectivity index is 0.000000212. The number of rotatable bonds is 3. The molecule has 8 N–H and O–H groups in total. The van der Waals surface area contributed by atoms with Gasteiger partial charge in [0.2, 0.25) is 5.78 Å². The molecule has 0 spiro atoms. The van der Waals surface area contributed by atoms with E-state index in [-0.39, 0.29) is 27.4 Å². The van der Waals surface area contributed by atoms with Crippen molar-refractivity contribution in [2.75, 3.05) is 11.5 Å². The molecule has 0 saturated heterocycles. The topological polar surface area (TPSA) is 256 Å². The number of nitrogens with one attached hydrogen (secondary N) is 1. The summed E-state index contributed by atoms with van der Waals surface area (Å²) in [4.78, 5) is 10.1. The summed E-state index contributed by atoms with van der Waals surface area (Å²) in [5.41, 5.74) is 9.24. The van der Waals surface area contributed by atoms with E-state index in [9.17, 15) is 30.0 Å². The van der Waals surface area contributed by atoms with Crippen molar-refractivity contribution in [1.29, 1.82) is 5.41 Å². The summed E-state index contributed by atoms with van der Waals surface area (Å²) in [7, 11) is -13.8. The standard InChI is InChI=1S/C10H8N2O7S2.C10H9NO3S/c11-6-3-5(20(14,15)16)1-4-2-7(21(17,18)19)9(12)10(13)8(4)6;11-9-6-5-7-3-1-2-4-8(7)10(9)15(12,13)14/h1-3,12H,11H2,(H,14,15,16)(H,17,18,19);1-6H,11H2,(H,12,13,14). The van der Waals surface area contributed by atoms with E-state index >= 15 is 0 Å². The fourth-order valence-corrected chi connectivity index (χ4v) is 5.39. The second kappa shape index (κ2) is 9.08. The molecule has 0 aromatic heterocycles. The zero-order chi connectivity index (χ0) is 27.2. The molecule has 1 aliphatic carbocycles. The van der Waals surface area contributed by atoms with E-state index in [1.165, 1.54) is 6.07 Å². The number of carbonyl (C=O) groups is 1. The van der Waals surface area contributed by atoms with Gasteiger partial charge in [0.05, 0.1) is 16.1 Å². The highest BCUT2D eigenvalue weighted by molar-refractivity contribution is 7.91. The van der Waals surface area contributed by atoms with E-state index in [0.29, 0.717) is 5.39 Å². The van der Waals surface area contributed by atoms with Gasteiger partial charge in [-0.05, 0) is 35.2 Å². The Morgan fingerprint density at radius 2 is 1.36 bits per heavy atom. The first-order valence-corrected chi connectivity index (χ1v) is 13.7. The molecule has 13 nitrogen and oxygen atoms in total. The van der Waals surface area contributed by atoms with E-state index in [1.807, 2.05) is 0 Å². The third-order valence-corrected chi connectivity index (χ3v) is 7.58. The lowest BCUT2D eigenvalue weighted by Crippen LogP contribution is -2.26. The number of carbonyl (C=O) groups excluding carboxylic acids is 1. The average Bonchev–Trinajstić information content (AvgIpc) is 2.73. The smallest absolute Gasteiger partial charge is 0.297 e. The number of hydrogen-bond donors (Lipinski definition) is 6. The molecule has 0 unspecified atom stereocenters. The minimum atomic E-state index is -4.85. The third-order valence-electron chi connectivity index (χ3n) is 4.90. The zero-order valence-electron chi connectivity index (χ0n) is 17.8. The minimum absolute atomic E-state index is 0.0520. The third kappa shape index (κ3) is 5.27. The SMILES string of the molecule is N=C1C(=O)c2c(N)cc(S(=O)(=O)O)cc2C=C1S(=O)(=O)O.Nc1ccc2ccccc2c1S(=O)(=O)O. The summed E-state index contributed by atoms with van der Waals surface area (Å²) in [6.45, 7) is 0. The Labute approximate surface area is 204 Å². The van der Waals surface area contributed by atoms with Gasteiger partial charge in [0, 0.05) is 11.1 Å². The van der Waals surface area contributed by atoms with E-state index in [2.05, 4.69) is 0 Å². The van der Waals surface area contributed by atoms with Crippen molar-refractivity contribution in [2.45, 2.75) is 9.79 Å². The van der Waals surface area contributed by atoms with E-state index in [1.54, 1.807) is 30.3 Å². The van der Waals surface area contributed by atoms with Crippen LogP contribution in [0.15, 0.2) is 63.2 Å². The maximum Gasteiger partial charge on any atom is 0.297 e. The predicted molar refractivity (Wildman–Crippen MR) is 130 cm³/mol. The fraction of sp³-hybridized carbons (Fsp3) is 0. The molecule has 190 valence electrons. The second-order valence-corrected chi connectivity index (χ2v) is 11.5. The van der Waals surface area contributed by atoms with Crippen molar-refractivity contribution in [3.05, 3.63) is 64.6 Å². The molecule has 0 amide bonds. The average molecular weight is 556 g/mol. The highest BCUT2D eigenvalue weighted by Crippen LogP contribution is 2.31. The first-order valence-electron chi connectivity index (χ1n) is 9.41. The van der Waals surface area contributed by atoms with Crippen LogP contribution in [0.5, 0.6) is 0 Å². The van der Waals surface area contributed by atoms with E-state index < -0.39 is 51.6 Å². The normalized spacial score (nSPS) is 14.0. The molecule has 36 heavy (non-hydrogen) atoms. The molecule has 16 heteroatoms. The van der Waals surface area contributed by atoms with Gasteiger partial charge in [-0.1, -0.05) is 30.3 Å². The molecular weight excluding hydrogens is 538 g/mol. The molecule has 3 aromatic carbocycles. The van der Waals surface area contributed by atoms with Crippen molar-refractivity contribution in [3.8, 4) is 0 Å². The molecule has 0 heterocycles. The summed E-state index contributed by atoms with van der Waals surface area (Å²) >= 11 is 0. The summed E-state index contributed by atoms with van der Waals surface area (Å²) in [6, 6.07) is 11.6. The number of ketones is 1. The lowest BCUT2D eigenvalue weighted by Gasteiger charge is -2.17. The Morgan fingerprint density at radius 1 is 0.750 bits per heavy atom. The molecule has 0 radical (unpaired) electrons. The first-order chi connectivity index (χ1) is 16.4. The number of allylic oxidation sites excluding steroid dienone is 1. The summed E-state index contributed by atoms with van der Waals surface area (Å²) < 4.78 is 93.7. The maximum absolute atomic E-state index is 11.9. The van der Waals surface area contributed by atoms with Gasteiger partial charge in [0.25, 0.3) is 30.4 Å². The van der Waals surface area contributed by atoms with Crippen LogP contribution >= 0.6 is 0 Å². The fourth-order valence-electron chi connectivity index (χ4n) is 3.39. The lowest BCUT2D eigenvalue weighted by atomic mass is 9.93. The van der Waals surface area contributed by atoms with Gasteiger partial charge in [-0.3, -0.25) is 23.9 Å². The largest absolute Gasteiger partial charge is 0.398 e. The van der Waals surface area contributed by atoms with Crippen LogP contribution in [0.4, 0.5) is 11.4 Å². The highest BCUT2D eigenvalue weighted by Gasteiger charge is 2.33. The van der Waals surface area contributed by atoms with E-state index in [4.69, 9.17) is 30.5 Å². The van der Waals surface area contributed by atoms with Crippen molar-refractivity contribution >= 4 is 70.1 Å². The van der Waals surface area contributed by atoms with Crippen LogP contribution < -0.4 is 11.5 Å². The van der Waals surface area contributed by atoms with Crippen LogP contribution in [0.25, 0.3) is 16.8 Å². The summed E-state index contributed by atoms with van der Waals surface area (Å²) in [5, 5.41) is 8.58. The van der Waals surface area contributed by atoms with Crippen LogP contribution in [0.1, 0.15) is 15.9 Å². The summed E-state index contributed by atoms with van der Waals surface area (Å²) in [6.07, 6.45) is 0.736. The second-order valence-electron chi connectivity index (χ2n) is 7.32. The first kappa shape index (κ1) is 26.9. The van der Waals surface area contributed by atoms with Crippen LogP contribution in [0, 0.1) is 5.41 Å². The number of hydrogen-bond acceptors (Lipinski definition) is 10. The van der Waals surface area contributed by atoms with Gasteiger partial charge in [0.1, 0.15) is 15.5 Å². The number of anilines is 2. The number of nitrogens with two attached hydrogens (primary N) is 2. The zero-order valence-corrected chi connectivity index (χ0v) is 20.2. The molecule has 0 aliphatic heterocycles. The maximum atomic E-state index is 11.9. The van der Waals surface area contributed by atoms with Crippen LogP contribution in [-0.2, 0) is 30.4 Å². The Bertz CT molecular complexity index is 1810. The van der Waals surface area contributed by atoms with Crippen molar-refractivity contribution in [3.63, 3.8) is 0 Å². The Kier molecular flexibility index (Phi) is 6.79. The lowest BCUT2D eigenvalue weighted by molar-refractivity contribution is 0.106. The van der Waals surface area contributed by atoms with Crippen molar-refractivity contribution < 1.29 is 43.7 Å². The van der Waals surface area contributed by atoms with Gasteiger partial charge in [0.15, 0.2) is 0 Å². The molecule has 0 atom stereocenters. The number of nitrogen functional groups attached to an aromatic ring is 2. The molecule has 4 rings (SSSR count). The van der Waals surface area contributed by atoms with Gasteiger partial charge in [-0.2, -0.15) is 25.3 Å². The van der Waals surface area contributed by atoms with Crippen molar-refractivity contribution in [1.82, 2.24) is 0 Å². The minimum Gasteiger partial charge on any atom is -0.398 e. The van der Waals surface area contributed by atoms with Gasteiger partial charge in [-0.15, -0.1) is 0 Å². The van der Waals surface area contributed by atoms with Crippen molar-refractivity contribution in [2.24, 2.45) is 0 Å². The van der Waals surface area contributed by atoms with Crippen LogP contribution in [0.3, 0.4) is 0 Å². The molecule has 0 saturated carbocycles. The molecule has 0 bridgehead atoms. The molecule has 0 fully saturated rings. The molecule has 1 aliphatic rings. The van der Waals surface area contributed by atoms with Gasteiger partial charge < -0.3 is 11.5 Å². The van der Waals surface area contributed by atoms with Crippen LogP contribution in [0.2, 0.25) is 0 Å². The Morgan fingerprint density at radius 3 is 1.92 bits per heavy atom. The quantitative estimate of drug-likeness (QED) is 0.199. The number of benzene rings is 3. The number of Topliss-reactive ketones (excluding diaryl/α,β-unsaturated/α-hetero) is 1. The monoisotopic (exact) mass is 555 g/mol. The predicted octanol–water partition coefficient (Wildman–Crippen LogP) is 1.63. The Hall–Kier alpha value is -3.67. The van der Waals surface area contributed by atoms with Gasteiger partial charge in [-0.25, -0.2) is 0 Å². The highest BCUT2D eigenvalue weighted by atomic mass is 32.2. The van der Waals surface area contributed by atoms with E-state index in [0.717, 1.165) is 23.6 Å².